The first kappa shape index (κ1) is 16.0. The predicted octanol–water partition coefficient (Wildman–Crippen LogP) is 4.57. The minimum Gasteiger partial charge on any atom is -0.306 e. The largest absolute Gasteiger partial charge is 0.306 e. The minimum absolute atomic E-state index is 0.913. The van der Waals surface area contributed by atoms with Crippen LogP contribution >= 0.6 is 0 Å². The Morgan fingerprint density at radius 3 is 2.12 bits per heavy atom. The summed E-state index contributed by atoms with van der Waals surface area (Å²) in [5, 5.41) is 0. The molecule has 2 atom stereocenters. The third-order valence-electron chi connectivity index (χ3n) is 3.60. The van der Waals surface area contributed by atoms with Gasteiger partial charge in [0.2, 0.25) is 0 Å². The van der Waals surface area contributed by atoms with Crippen LogP contribution in [0.4, 0.5) is 0 Å². The third kappa shape index (κ3) is 8.15. The van der Waals surface area contributed by atoms with Crippen molar-refractivity contribution in [3.05, 3.63) is 0 Å². The van der Waals surface area contributed by atoms with E-state index >= 15 is 0 Å². The SMILES string of the molecule is CCCC(C)CCC(CC)CN(C)CCC. The zero-order valence-corrected chi connectivity index (χ0v) is 12.3. The maximum atomic E-state index is 2.50. The van der Waals surface area contributed by atoms with Gasteiger partial charge in [-0.15, -0.1) is 0 Å². The summed E-state index contributed by atoms with van der Waals surface area (Å²) in [5.41, 5.74) is 0. The van der Waals surface area contributed by atoms with Gasteiger partial charge < -0.3 is 4.90 Å². The van der Waals surface area contributed by atoms with Crippen LogP contribution in [0.5, 0.6) is 0 Å². The average Bonchev–Trinajstić information content (AvgIpc) is 2.25. The lowest BCUT2D eigenvalue weighted by atomic mass is 9.92. The molecule has 0 saturated carbocycles. The van der Waals surface area contributed by atoms with E-state index in [-0.39, 0.29) is 0 Å². The van der Waals surface area contributed by atoms with Gasteiger partial charge >= 0.3 is 0 Å². The predicted molar refractivity (Wildman–Crippen MR) is 74.9 cm³/mol. The molecule has 98 valence electrons. The fraction of sp³-hybridized carbons (Fsp3) is 1.00. The van der Waals surface area contributed by atoms with Crippen LogP contribution in [0.3, 0.4) is 0 Å². The summed E-state index contributed by atoms with van der Waals surface area (Å²) in [5.74, 6) is 1.84. The van der Waals surface area contributed by atoms with E-state index in [0.29, 0.717) is 0 Å². The zero-order chi connectivity index (χ0) is 12.4. The Balaban J connectivity index is 3.73. The van der Waals surface area contributed by atoms with E-state index in [1.54, 1.807) is 0 Å². The fourth-order valence-corrected chi connectivity index (χ4v) is 2.50. The summed E-state index contributed by atoms with van der Waals surface area (Å²) < 4.78 is 0. The van der Waals surface area contributed by atoms with Gasteiger partial charge in [0.05, 0.1) is 0 Å². The van der Waals surface area contributed by atoms with Crippen LogP contribution in [0, 0.1) is 11.8 Å². The Hall–Kier alpha value is -0.0400. The molecule has 0 bridgehead atoms. The Morgan fingerprint density at radius 2 is 1.62 bits per heavy atom. The van der Waals surface area contributed by atoms with Crippen LogP contribution < -0.4 is 0 Å². The van der Waals surface area contributed by atoms with Gasteiger partial charge in [-0.25, -0.2) is 0 Å². The van der Waals surface area contributed by atoms with E-state index in [2.05, 4.69) is 39.6 Å². The highest BCUT2D eigenvalue weighted by molar-refractivity contribution is 4.64. The van der Waals surface area contributed by atoms with Gasteiger partial charge in [-0.2, -0.15) is 0 Å². The molecule has 0 aromatic rings. The molecule has 16 heavy (non-hydrogen) atoms. The molecule has 0 heterocycles. The molecule has 0 aromatic heterocycles. The molecule has 0 N–H and O–H groups in total. The van der Waals surface area contributed by atoms with Gasteiger partial charge in [-0.1, -0.05) is 53.4 Å². The lowest BCUT2D eigenvalue weighted by Crippen LogP contribution is -2.26. The van der Waals surface area contributed by atoms with Crippen molar-refractivity contribution >= 4 is 0 Å². The summed E-state index contributed by atoms with van der Waals surface area (Å²) in [6.45, 7) is 11.9. The summed E-state index contributed by atoms with van der Waals surface area (Å²) in [7, 11) is 2.27. The van der Waals surface area contributed by atoms with Gasteiger partial charge in [-0.3, -0.25) is 0 Å². The Bertz CT molecular complexity index is 144. The van der Waals surface area contributed by atoms with Crippen molar-refractivity contribution in [2.24, 2.45) is 11.8 Å². The molecular weight excluding hydrogens is 194 g/mol. The highest BCUT2D eigenvalue weighted by Gasteiger charge is 2.11. The van der Waals surface area contributed by atoms with Crippen molar-refractivity contribution < 1.29 is 0 Å². The van der Waals surface area contributed by atoms with Gasteiger partial charge in [0, 0.05) is 6.54 Å². The molecule has 0 spiro atoms. The van der Waals surface area contributed by atoms with E-state index in [4.69, 9.17) is 0 Å². The van der Waals surface area contributed by atoms with Crippen molar-refractivity contribution in [1.82, 2.24) is 4.90 Å². The monoisotopic (exact) mass is 227 g/mol. The molecule has 0 aromatic carbocycles. The van der Waals surface area contributed by atoms with E-state index in [1.807, 2.05) is 0 Å². The number of hydrogen-bond acceptors (Lipinski definition) is 1. The lowest BCUT2D eigenvalue weighted by Gasteiger charge is -2.23. The topological polar surface area (TPSA) is 3.24 Å². The maximum absolute atomic E-state index is 2.50. The maximum Gasteiger partial charge on any atom is 0.000650 e. The summed E-state index contributed by atoms with van der Waals surface area (Å²) >= 11 is 0. The van der Waals surface area contributed by atoms with Crippen molar-refractivity contribution in [2.75, 3.05) is 20.1 Å². The van der Waals surface area contributed by atoms with Crippen LogP contribution in [-0.2, 0) is 0 Å². The van der Waals surface area contributed by atoms with Crippen LogP contribution in [0.2, 0.25) is 0 Å². The van der Waals surface area contributed by atoms with E-state index in [0.717, 1.165) is 11.8 Å². The average molecular weight is 227 g/mol. The van der Waals surface area contributed by atoms with Gasteiger partial charge in [0.1, 0.15) is 0 Å². The van der Waals surface area contributed by atoms with E-state index in [1.165, 1.54) is 51.6 Å². The molecule has 0 radical (unpaired) electrons. The lowest BCUT2D eigenvalue weighted by molar-refractivity contribution is 0.251. The highest BCUT2D eigenvalue weighted by atomic mass is 15.1. The van der Waals surface area contributed by atoms with E-state index < -0.39 is 0 Å². The molecule has 0 amide bonds. The summed E-state index contributed by atoms with van der Waals surface area (Å²) in [4.78, 5) is 2.50. The Kier molecular flexibility index (Phi) is 10.1. The van der Waals surface area contributed by atoms with Crippen molar-refractivity contribution in [3.8, 4) is 0 Å². The van der Waals surface area contributed by atoms with Crippen molar-refractivity contribution in [2.45, 2.75) is 66.2 Å². The second-order valence-corrected chi connectivity index (χ2v) is 5.51. The van der Waals surface area contributed by atoms with Crippen molar-refractivity contribution in [3.63, 3.8) is 0 Å². The molecule has 1 heteroatoms. The third-order valence-corrected chi connectivity index (χ3v) is 3.60. The first-order chi connectivity index (χ1) is 7.63. The first-order valence-corrected chi connectivity index (χ1v) is 7.32. The Morgan fingerprint density at radius 1 is 0.938 bits per heavy atom. The number of hydrogen-bond donors (Lipinski definition) is 0. The fourth-order valence-electron chi connectivity index (χ4n) is 2.50. The molecule has 0 saturated heterocycles. The standard InChI is InChI=1S/C15H33N/c1-6-9-14(4)10-11-15(8-3)13-16(5)12-7-2/h14-15H,6-13H2,1-5H3. The van der Waals surface area contributed by atoms with Crippen LogP contribution in [0.25, 0.3) is 0 Å². The summed E-state index contributed by atoms with van der Waals surface area (Å²) in [6, 6.07) is 0. The molecular formula is C15H33N. The van der Waals surface area contributed by atoms with Crippen LogP contribution in [0.15, 0.2) is 0 Å². The van der Waals surface area contributed by atoms with Crippen LogP contribution in [0.1, 0.15) is 66.2 Å². The molecule has 0 aliphatic heterocycles. The smallest absolute Gasteiger partial charge is 0.000650 e. The second-order valence-electron chi connectivity index (χ2n) is 5.51. The quantitative estimate of drug-likeness (QED) is 0.528. The second kappa shape index (κ2) is 10.1. The Labute approximate surface area is 104 Å². The molecule has 0 fully saturated rings. The molecule has 1 nitrogen and oxygen atoms in total. The molecule has 0 aliphatic carbocycles. The van der Waals surface area contributed by atoms with Gasteiger partial charge in [-0.05, 0) is 38.3 Å². The zero-order valence-electron chi connectivity index (χ0n) is 12.3. The number of rotatable bonds is 10. The number of nitrogens with zero attached hydrogens (tertiary/aromatic N) is 1. The molecule has 0 rings (SSSR count). The van der Waals surface area contributed by atoms with Crippen LogP contribution in [-0.4, -0.2) is 25.0 Å². The highest BCUT2D eigenvalue weighted by Crippen LogP contribution is 2.19. The minimum atomic E-state index is 0.913. The van der Waals surface area contributed by atoms with Gasteiger partial charge in [0.15, 0.2) is 0 Å². The normalized spacial score (nSPS) is 15.4. The first-order valence-electron chi connectivity index (χ1n) is 7.32. The molecule has 0 aliphatic rings. The van der Waals surface area contributed by atoms with Crippen molar-refractivity contribution in [1.29, 1.82) is 0 Å². The van der Waals surface area contributed by atoms with Gasteiger partial charge in [0.25, 0.3) is 0 Å². The molecule has 2 unspecified atom stereocenters. The summed E-state index contributed by atoms with van der Waals surface area (Å²) in [6.07, 6.45) is 8.21. The van der Waals surface area contributed by atoms with E-state index in [9.17, 15) is 0 Å².